The highest BCUT2D eigenvalue weighted by Gasteiger charge is 2.29. The Hall–Kier alpha value is -18.9. The number of nitrogens with zero attached hydrogens (tertiary/aromatic N) is 14. The second kappa shape index (κ2) is 48.8. The van der Waals surface area contributed by atoms with E-state index in [4.69, 9.17) is 67.0 Å². The van der Waals surface area contributed by atoms with Crippen LogP contribution in [-0.2, 0) is 65.9 Å². The molecule has 13 rings (SSSR count). The molecule has 49 nitrogen and oxygen atoms in total. The molecule has 5 aromatic carbocycles. The highest BCUT2D eigenvalue weighted by molar-refractivity contribution is 6.15. The summed E-state index contributed by atoms with van der Waals surface area (Å²) >= 11 is 0. The summed E-state index contributed by atoms with van der Waals surface area (Å²) in [5.74, 6) is -8.87. The van der Waals surface area contributed by atoms with Gasteiger partial charge in [0.15, 0.2) is 62.5 Å². The Balaban J connectivity index is 0.000000195. The van der Waals surface area contributed by atoms with Crippen LogP contribution in [0, 0.1) is 12.3 Å². The largest absolute Gasteiger partial charge is 0.481 e. The number of aryl methyl sites for hydroxylation is 2. The fraction of sp³-hybridized carbons (Fsp3) is 0.250. The standard InChI is InChI=1S/C28H28N8O6.C23H23N7O5.C21H22N4O6.C20H22N8O5/c29-23-22-24(36-28(30)35-23)32-14-17(33-22)13-31-16-11-9-15(10-12-16)25(38)34-20(27(41)42)7-3-4-8-21(37)18-5-1-2-6-19(18)26(39)40;1-2-3-14(10-15-11-26-20-18(27-15)19(24)29-23(25)30-20)12-4-6-13(7-5-12)21(33)28-16(22(34)35)8-9-17(31)32;22-16-9-15(26)18-13(10-23-19(18)25-16)6-3-11-1-4-12(5-2-11)20(29)24-14(21(30)31)7-8-17(27)28;1-28(9-11-8-23-17-15(24-11)16(21)26-20(22)27-17)12-4-2-10(3-5-12)18(31)25-13(19(32)33)6-7-14(29)30/h1-2,5-6,9-12,14,20,31H,3-4,7-8,13H2,(H,34,38)(H,39,40)(H,41,42)(H4,29,30,32,35,36);1,4-7,11,14,16H,3,8-10H2,(H,28,33)(H,31,32)(H,34,35)(H4,24,25,26,29,30);1-2,4-5,10,14,23H,3,6-9H2,(H2,22,25)(H,24,29)(H,27,28)(H,30,31);2-5,8,13H,6-7,9H2,1H3,(H,25,31)(H,29,30)(H,32,33)(H4,21,22,23,26,27)/t20-;14?,16-;14-;13-/m0000/s1. The Labute approximate surface area is 798 Å². The molecular weight excluding hydrogens is 1840 g/mol. The maximum atomic E-state index is 12.7. The first-order valence-corrected chi connectivity index (χ1v) is 42.8. The number of nitrogens with one attached hydrogen (secondary N) is 6. The number of fused-ring (bicyclic) bond motifs is 4. The van der Waals surface area contributed by atoms with Crippen molar-refractivity contribution in [2.24, 2.45) is 10.7 Å². The van der Waals surface area contributed by atoms with Crippen molar-refractivity contribution in [2.45, 2.75) is 139 Å². The number of H-pyrrole nitrogens is 1. The number of anilines is 8. The van der Waals surface area contributed by atoms with Crippen molar-refractivity contribution in [3.8, 4) is 12.3 Å². The quantitative estimate of drug-likeness (QED) is 0.0133. The molecule has 730 valence electrons. The first-order valence-electron chi connectivity index (χ1n) is 42.8. The number of carbonyl (C=O) groups excluding carboxylic acids is 6. The number of terminal acetylenes is 1. The molecule has 12 aromatic rings. The summed E-state index contributed by atoms with van der Waals surface area (Å²) in [6.07, 6.45) is 13.1. The topological polar surface area (TPSA) is 829 Å². The molecular formula is C92H95N27O22. The van der Waals surface area contributed by atoms with E-state index in [-0.39, 0.29) is 161 Å². The Kier molecular flexibility index (Phi) is 36.1. The van der Waals surface area contributed by atoms with E-state index in [1.54, 1.807) is 110 Å². The number of ketones is 2. The summed E-state index contributed by atoms with van der Waals surface area (Å²) in [6.45, 7) is 0.665. The second-order valence-corrected chi connectivity index (χ2v) is 31.5. The summed E-state index contributed by atoms with van der Waals surface area (Å²) < 4.78 is 0. The molecule has 0 bridgehead atoms. The number of nitrogen functional groups attached to an aromatic ring is 6. The molecule has 0 saturated heterocycles. The normalized spacial score (nSPS) is 12.3. The van der Waals surface area contributed by atoms with E-state index in [0.29, 0.717) is 108 Å². The molecule has 0 radical (unpaired) electrons. The van der Waals surface area contributed by atoms with Gasteiger partial charge in [0.2, 0.25) is 17.8 Å². The third kappa shape index (κ3) is 30.0. The zero-order chi connectivity index (χ0) is 102. The molecule has 0 fully saturated rings. The fourth-order valence-electron chi connectivity index (χ4n) is 14.0. The number of carboxylic acids is 8. The Bertz CT molecular complexity index is 6800. The molecule has 7 aromatic heterocycles. The number of carboxylic acid groups (broad SMARTS) is 8. The van der Waals surface area contributed by atoms with Gasteiger partial charge in [0.1, 0.15) is 35.8 Å². The van der Waals surface area contributed by atoms with Gasteiger partial charge in [-0.2, -0.15) is 29.9 Å². The van der Waals surface area contributed by atoms with E-state index in [0.717, 1.165) is 22.4 Å². The van der Waals surface area contributed by atoms with Crippen LogP contribution in [0.25, 0.3) is 33.5 Å². The second-order valence-electron chi connectivity index (χ2n) is 31.5. The van der Waals surface area contributed by atoms with Gasteiger partial charge < -0.3 is 117 Å². The number of aliphatic imine (C=N–C) groups is 1. The average molecular weight is 1930 g/mol. The fourth-order valence-corrected chi connectivity index (χ4v) is 14.0. The number of unbranched alkanes of at least 4 members (excludes halogenated alkanes) is 1. The minimum Gasteiger partial charge on any atom is -0.481 e. The lowest BCUT2D eigenvalue weighted by Gasteiger charge is -2.19. The molecule has 49 heteroatoms. The average Bonchev–Trinajstić information content (AvgIpc) is 1.59. The number of aromatic carboxylic acids is 1. The molecule has 5 atom stereocenters. The number of aliphatic carboxylic acids is 7. The number of aromatic nitrogens is 13. The number of hydrogen-bond donors (Lipinski definition) is 21. The third-order valence-corrected chi connectivity index (χ3v) is 21.2. The number of benzene rings is 5. The zero-order valence-corrected chi connectivity index (χ0v) is 74.9. The lowest BCUT2D eigenvalue weighted by Crippen LogP contribution is -2.41. The van der Waals surface area contributed by atoms with Gasteiger partial charge in [-0.25, -0.2) is 58.9 Å². The van der Waals surface area contributed by atoms with Gasteiger partial charge in [-0.15, -0.1) is 12.3 Å². The number of hydrogen-bond acceptors (Lipinski definition) is 36. The van der Waals surface area contributed by atoms with Crippen molar-refractivity contribution in [1.82, 2.24) is 86.1 Å². The van der Waals surface area contributed by atoms with Gasteiger partial charge >= 0.3 is 47.8 Å². The van der Waals surface area contributed by atoms with Crippen molar-refractivity contribution < 1.29 is 108 Å². The Morgan fingerprint density at radius 1 is 0.468 bits per heavy atom. The highest BCUT2D eigenvalue weighted by Crippen LogP contribution is 2.31. The highest BCUT2D eigenvalue weighted by atomic mass is 16.4. The molecule has 1 aliphatic rings. The molecule has 0 saturated carbocycles. The molecule has 141 heavy (non-hydrogen) atoms. The predicted octanol–water partition coefficient (Wildman–Crippen LogP) is 5.19. The van der Waals surface area contributed by atoms with Crippen molar-refractivity contribution in [3.63, 3.8) is 0 Å². The van der Waals surface area contributed by atoms with Crippen molar-refractivity contribution >= 4 is 175 Å². The van der Waals surface area contributed by atoms with Gasteiger partial charge in [-0.05, 0) is 147 Å². The molecule has 0 spiro atoms. The summed E-state index contributed by atoms with van der Waals surface area (Å²) in [5.41, 5.74) is 49.3. The molecule has 1 unspecified atom stereocenters. The van der Waals surface area contributed by atoms with Crippen LogP contribution >= 0.6 is 0 Å². The first-order chi connectivity index (χ1) is 67.2. The number of nitrogens with two attached hydrogens (primary N) is 7. The smallest absolute Gasteiger partial charge is 0.336 e. The summed E-state index contributed by atoms with van der Waals surface area (Å²) in [4.78, 5) is 222. The van der Waals surface area contributed by atoms with E-state index >= 15 is 0 Å². The van der Waals surface area contributed by atoms with E-state index in [1.807, 2.05) is 11.9 Å². The SMILES string of the molecule is C#CCC(Cc1cnc2nc(N)nc(N)c2n1)c1ccc(C(=O)N[C@@H](CCC(=O)O)C(=O)O)cc1.CN(Cc1cnc2nc(N)nc(N)c2n1)c1ccc(C(=O)N[C@@H](CCC(=O)O)C(=O)O)cc1.NC1=Nc2[nH]cc(CCc3ccc(C(=O)N[C@@H](CCC(=O)O)C(=O)O)cc3)c2C(=O)C1.Nc1nc(N)c2nc(CNc3ccc(C(=O)N[C@@H](CCCCC(=O)c4ccccc4C(=O)O)C(=O)O)cc3)cnc2n1. The predicted molar refractivity (Wildman–Crippen MR) is 508 cm³/mol. The van der Waals surface area contributed by atoms with Crippen LogP contribution in [0.3, 0.4) is 0 Å². The van der Waals surface area contributed by atoms with Crippen molar-refractivity contribution in [3.05, 3.63) is 219 Å². The van der Waals surface area contributed by atoms with E-state index < -0.39 is 95.6 Å². The number of aromatic amines is 1. The summed E-state index contributed by atoms with van der Waals surface area (Å²) in [6, 6.07) is 26.9. The Morgan fingerprint density at radius 3 is 1.33 bits per heavy atom. The molecule has 0 aliphatic carbocycles. The number of carbonyl (C=O) groups is 14. The lowest BCUT2D eigenvalue weighted by molar-refractivity contribution is -0.142. The number of Topliss-reactive ketones (excluding diaryl/α,β-unsaturated/α-hetero) is 2. The van der Waals surface area contributed by atoms with Crippen LogP contribution in [-0.4, -0.2) is 226 Å². The van der Waals surface area contributed by atoms with Crippen LogP contribution in [0.4, 0.5) is 52.5 Å². The zero-order valence-electron chi connectivity index (χ0n) is 74.9. The van der Waals surface area contributed by atoms with E-state index in [1.165, 1.54) is 36.5 Å². The maximum absolute atomic E-state index is 12.7. The van der Waals surface area contributed by atoms with E-state index in [2.05, 4.69) is 102 Å². The van der Waals surface area contributed by atoms with Crippen LogP contribution in [0.15, 0.2) is 151 Å². The molecule has 4 amide bonds. The monoisotopic (exact) mass is 1930 g/mol. The van der Waals surface area contributed by atoms with Gasteiger partial charge in [0.05, 0.1) is 66.3 Å². The third-order valence-electron chi connectivity index (χ3n) is 21.2. The number of amidine groups is 1. The summed E-state index contributed by atoms with van der Waals surface area (Å²) in [7, 11) is 1.82. The van der Waals surface area contributed by atoms with Crippen LogP contribution in [0.1, 0.15) is 189 Å². The minimum absolute atomic E-state index is 0.00273. The molecule has 1 aliphatic heterocycles. The number of amides is 4. The van der Waals surface area contributed by atoms with Crippen LogP contribution in [0.2, 0.25) is 0 Å². The van der Waals surface area contributed by atoms with Crippen molar-refractivity contribution in [1.29, 1.82) is 0 Å². The van der Waals surface area contributed by atoms with Gasteiger partial charge in [0.25, 0.3) is 23.6 Å². The van der Waals surface area contributed by atoms with Gasteiger partial charge in [-0.3, -0.25) is 43.2 Å². The Morgan fingerprint density at radius 2 is 0.879 bits per heavy atom. The minimum atomic E-state index is -1.31. The van der Waals surface area contributed by atoms with Crippen molar-refractivity contribution in [2.75, 3.05) is 51.7 Å². The van der Waals surface area contributed by atoms with Gasteiger partial charge in [-0.1, -0.05) is 48.9 Å². The number of rotatable bonds is 41. The first kappa shape index (κ1) is 104. The molecule has 8 heterocycles. The van der Waals surface area contributed by atoms with Gasteiger partial charge in [0, 0.05) is 90.5 Å². The lowest BCUT2D eigenvalue weighted by atomic mass is 9.91. The van der Waals surface area contributed by atoms with Crippen LogP contribution in [0.5, 0.6) is 0 Å². The maximum Gasteiger partial charge on any atom is 0.336 e. The van der Waals surface area contributed by atoms with Crippen LogP contribution < -0.4 is 71.6 Å². The molecule has 28 N–H and O–H groups in total. The van der Waals surface area contributed by atoms with E-state index in [9.17, 15) is 87.5 Å². The summed E-state index contributed by atoms with van der Waals surface area (Å²) in [5, 5.41) is 85.3.